The van der Waals surface area contributed by atoms with Crippen LogP contribution in [-0.4, -0.2) is 52.7 Å². The highest BCUT2D eigenvalue weighted by Gasteiger charge is 2.43. The van der Waals surface area contributed by atoms with E-state index in [1.807, 2.05) is 0 Å². The van der Waals surface area contributed by atoms with E-state index >= 15 is 0 Å². The highest BCUT2D eigenvalue weighted by Crippen LogP contribution is 2.44. The Morgan fingerprint density at radius 1 is 1.12 bits per heavy atom. The lowest BCUT2D eigenvalue weighted by atomic mass is 10.1. The molecule has 3 amide bonds. The average Bonchev–Trinajstić information content (AvgIpc) is 3.50. The molecule has 174 valence electrons. The van der Waals surface area contributed by atoms with Crippen molar-refractivity contribution in [2.24, 2.45) is 0 Å². The number of para-hydroxylation sites is 1. The van der Waals surface area contributed by atoms with Crippen LogP contribution in [-0.2, 0) is 19.1 Å². The van der Waals surface area contributed by atoms with E-state index in [4.69, 9.17) is 28.6 Å². The van der Waals surface area contributed by atoms with E-state index in [9.17, 15) is 14.4 Å². The van der Waals surface area contributed by atoms with Gasteiger partial charge in [-0.15, -0.1) is 0 Å². The number of hydrogen-bond acceptors (Lipinski definition) is 6. The van der Waals surface area contributed by atoms with Crippen molar-refractivity contribution in [2.75, 3.05) is 29.9 Å². The van der Waals surface area contributed by atoms with Crippen molar-refractivity contribution < 1.29 is 19.1 Å². The van der Waals surface area contributed by atoms with Crippen LogP contribution >= 0.6 is 35.6 Å². The van der Waals surface area contributed by atoms with Crippen LogP contribution in [0.5, 0.6) is 0 Å². The van der Waals surface area contributed by atoms with Gasteiger partial charge in [-0.1, -0.05) is 53.8 Å². The highest BCUT2D eigenvalue weighted by atomic mass is 35.5. The van der Waals surface area contributed by atoms with Crippen molar-refractivity contribution in [3.63, 3.8) is 0 Å². The second-order valence-corrected chi connectivity index (χ2v) is 10.2. The number of thioether (sulfide) groups is 1. The van der Waals surface area contributed by atoms with Crippen molar-refractivity contribution in [1.82, 2.24) is 4.90 Å². The van der Waals surface area contributed by atoms with E-state index in [1.54, 1.807) is 48.5 Å². The van der Waals surface area contributed by atoms with Gasteiger partial charge in [-0.2, -0.15) is 0 Å². The maximum absolute atomic E-state index is 13.5. The predicted molar refractivity (Wildman–Crippen MR) is 137 cm³/mol. The molecule has 0 saturated carbocycles. The zero-order valence-corrected chi connectivity index (χ0v) is 20.3. The molecule has 1 atom stereocenters. The van der Waals surface area contributed by atoms with E-state index in [0.29, 0.717) is 44.3 Å². The van der Waals surface area contributed by atoms with E-state index in [2.05, 4.69) is 5.32 Å². The first-order chi connectivity index (χ1) is 16.4. The summed E-state index contributed by atoms with van der Waals surface area (Å²) in [6.07, 6.45) is 1.78. The molecular formula is C24H20ClN3O4S2. The Morgan fingerprint density at radius 2 is 1.88 bits per heavy atom. The third-order valence-corrected chi connectivity index (χ3v) is 7.54. The van der Waals surface area contributed by atoms with Crippen LogP contribution in [0.2, 0.25) is 5.02 Å². The fraction of sp³-hybridized carbons (Fsp3) is 0.250. The molecule has 2 aromatic carbocycles. The number of hydrogen-bond donors (Lipinski definition) is 1. The molecule has 5 rings (SSSR count). The second kappa shape index (κ2) is 9.50. The third kappa shape index (κ3) is 4.36. The maximum Gasteiger partial charge on any atom is 0.267 e. The Morgan fingerprint density at radius 3 is 2.62 bits per heavy atom. The Balaban J connectivity index is 1.41. The van der Waals surface area contributed by atoms with Crippen LogP contribution in [0.1, 0.15) is 18.4 Å². The van der Waals surface area contributed by atoms with Crippen LogP contribution < -0.4 is 10.2 Å². The summed E-state index contributed by atoms with van der Waals surface area (Å²) >= 11 is 12.5. The summed E-state index contributed by atoms with van der Waals surface area (Å²) in [5.41, 5.74) is 2.05. The van der Waals surface area contributed by atoms with Crippen LogP contribution in [0, 0.1) is 0 Å². The monoisotopic (exact) mass is 513 g/mol. The SMILES string of the molecule is O=C(CN1C(=O)C(=C2SC(=S)N(CC3CCCO3)C2=O)c2ccccc21)Nc1ccc(Cl)cc1. The van der Waals surface area contributed by atoms with Crippen molar-refractivity contribution in [2.45, 2.75) is 18.9 Å². The minimum atomic E-state index is -0.398. The van der Waals surface area contributed by atoms with Gasteiger partial charge in [0.25, 0.3) is 11.8 Å². The molecule has 0 aliphatic carbocycles. The number of halogens is 1. The predicted octanol–water partition coefficient (Wildman–Crippen LogP) is 4.08. The van der Waals surface area contributed by atoms with E-state index in [0.717, 1.165) is 24.6 Å². The molecule has 2 saturated heterocycles. The van der Waals surface area contributed by atoms with Gasteiger partial charge >= 0.3 is 0 Å². The molecule has 34 heavy (non-hydrogen) atoms. The summed E-state index contributed by atoms with van der Waals surface area (Å²) in [6.45, 7) is 0.863. The average molecular weight is 514 g/mol. The smallest absolute Gasteiger partial charge is 0.267 e. The molecule has 3 aliphatic rings. The topological polar surface area (TPSA) is 79.0 Å². The number of fused-ring (bicyclic) bond motifs is 1. The van der Waals surface area contributed by atoms with Crippen LogP contribution in [0.3, 0.4) is 0 Å². The number of nitrogens with one attached hydrogen (secondary N) is 1. The zero-order chi connectivity index (χ0) is 23.8. The van der Waals surface area contributed by atoms with Crippen LogP contribution in [0.4, 0.5) is 11.4 Å². The lowest BCUT2D eigenvalue weighted by molar-refractivity contribution is -0.123. The summed E-state index contributed by atoms with van der Waals surface area (Å²) in [6, 6.07) is 13.9. The van der Waals surface area contributed by atoms with Gasteiger partial charge in [0.05, 0.1) is 28.8 Å². The van der Waals surface area contributed by atoms with Gasteiger partial charge in [-0.3, -0.25) is 24.2 Å². The van der Waals surface area contributed by atoms with Gasteiger partial charge in [0.15, 0.2) is 0 Å². The van der Waals surface area contributed by atoms with Crippen molar-refractivity contribution in [1.29, 1.82) is 0 Å². The molecule has 0 aromatic heterocycles. The Labute approximate surface area is 211 Å². The lowest BCUT2D eigenvalue weighted by Crippen LogP contribution is -2.36. The van der Waals surface area contributed by atoms with Crippen LogP contribution in [0.15, 0.2) is 53.4 Å². The van der Waals surface area contributed by atoms with Crippen molar-refractivity contribution >= 4 is 74.6 Å². The molecule has 10 heteroatoms. The Bertz CT molecular complexity index is 1220. The molecule has 7 nitrogen and oxygen atoms in total. The van der Waals surface area contributed by atoms with Crippen molar-refractivity contribution in [3.8, 4) is 0 Å². The fourth-order valence-electron chi connectivity index (χ4n) is 4.23. The molecule has 0 spiro atoms. The molecule has 0 bridgehead atoms. The summed E-state index contributed by atoms with van der Waals surface area (Å²) in [7, 11) is 0. The van der Waals surface area contributed by atoms with Gasteiger partial charge in [0, 0.05) is 22.9 Å². The molecule has 2 aromatic rings. The standard InChI is InChI=1S/C24H20ClN3O4S2/c25-14-7-9-15(10-8-14)26-19(29)13-27-18-6-2-1-5-17(18)20(22(27)30)21-23(31)28(24(33)34-21)12-16-4-3-11-32-16/h1-2,5-10,16H,3-4,11-13H2,(H,26,29). The van der Waals surface area contributed by atoms with E-state index < -0.39 is 5.91 Å². The van der Waals surface area contributed by atoms with Gasteiger partial charge in [-0.05, 0) is 43.2 Å². The first kappa shape index (κ1) is 23.0. The number of nitrogens with zero attached hydrogens (tertiary/aromatic N) is 2. The normalized spacial score (nSPS) is 22.0. The maximum atomic E-state index is 13.5. The number of benzene rings is 2. The molecule has 0 radical (unpaired) electrons. The first-order valence-corrected chi connectivity index (χ1v) is 12.4. The van der Waals surface area contributed by atoms with Gasteiger partial charge in [0.1, 0.15) is 10.9 Å². The summed E-state index contributed by atoms with van der Waals surface area (Å²) in [5, 5.41) is 3.33. The molecule has 3 aliphatic heterocycles. The van der Waals surface area contributed by atoms with E-state index in [1.165, 1.54) is 9.80 Å². The quantitative estimate of drug-likeness (QED) is 0.479. The summed E-state index contributed by atoms with van der Waals surface area (Å²) < 4.78 is 6.07. The Hall–Kier alpha value is -2.72. The molecule has 2 fully saturated rings. The molecule has 1 unspecified atom stereocenters. The Kier molecular flexibility index (Phi) is 6.44. The van der Waals surface area contributed by atoms with Crippen LogP contribution in [0.25, 0.3) is 5.57 Å². The number of amides is 3. The number of ether oxygens (including phenoxy) is 1. The number of thiocarbonyl (C=S) groups is 1. The summed E-state index contributed by atoms with van der Waals surface area (Å²) in [5.74, 6) is -1.06. The number of carbonyl (C=O) groups is 3. The second-order valence-electron chi connectivity index (χ2n) is 8.09. The largest absolute Gasteiger partial charge is 0.376 e. The van der Waals surface area contributed by atoms with Crippen molar-refractivity contribution in [3.05, 3.63) is 64.0 Å². The fourth-order valence-corrected chi connectivity index (χ4v) is 5.71. The number of carbonyl (C=O) groups excluding carboxylic acids is 3. The van der Waals surface area contributed by atoms with Gasteiger partial charge in [0.2, 0.25) is 5.91 Å². The lowest BCUT2D eigenvalue weighted by Gasteiger charge is -2.18. The highest BCUT2D eigenvalue weighted by molar-refractivity contribution is 8.26. The molecule has 1 N–H and O–H groups in total. The minimum Gasteiger partial charge on any atom is -0.376 e. The van der Waals surface area contributed by atoms with Gasteiger partial charge < -0.3 is 10.1 Å². The van der Waals surface area contributed by atoms with Gasteiger partial charge in [-0.25, -0.2) is 0 Å². The zero-order valence-electron chi connectivity index (χ0n) is 18.0. The summed E-state index contributed by atoms with van der Waals surface area (Å²) in [4.78, 5) is 42.7. The number of rotatable bonds is 5. The third-order valence-electron chi connectivity index (χ3n) is 5.84. The first-order valence-electron chi connectivity index (χ1n) is 10.8. The minimum absolute atomic E-state index is 0.0496. The molecular weight excluding hydrogens is 494 g/mol. The number of anilines is 2. The van der Waals surface area contributed by atoms with E-state index in [-0.39, 0.29) is 30.0 Å². The molecule has 3 heterocycles.